The molecule has 0 radical (unpaired) electrons. The number of nitrogens with two attached hydrogens (primary N) is 1. The maximum absolute atomic E-state index is 5.98. The summed E-state index contributed by atoms with van der Waals surface area (Å²) in [5, 5.41) is 4.23. The number of aromatic nitrogens is 5. The summed E-state index contributed by atoms with van der Waals surface area (Å²) < 4.78 is 4.63. The molecule has 0 aliphatic carbocycles. The summed E-state index contributed by atoms with van der Waals surface area (Å²) in [6.07, 6.45) is 3.59. The number of hydrogen-bond acceptors (Lipinski definition) is 4. The van der Waals surface area contributed by atoms with E-state index in [9.17, 15) is 0 Å². The SMILES string of the molecule is Cc1c(Cn2c(N)nc3cc(Br)cnc32)cnn1C. The number of rotatable bonds is 2. The van der Waals surface area contributed by atoms with Crippen molar-refractivity contribution in [1.29, 1.82) is 0 Å². The van der Waals surface area contributed by atoms with Crippen LogP contribution in [0.1, 0.15) is 11.3 Å². The minimum atomic E-state index is 0.462. The van der Waals surface area contributed by atoms with Crippen molar-refractivity contribution in [2.75, 3.05) is 5.73 Å². The number of fused-ring (bicyclic) bond motifs is 1. The van der Waals surface area contributed by atoms with Crippen LogP contribution in [-0.2, 0) is 13.6 Å². The van der Waals surface area contributed by atoms with Gasteiger partial charge < -0.3 is 5.73 Å². The normalized spacial score (nSPS) is 11.3. The van der Waals surface area contributed by atoms with Crippen molar-refractivity contribution in [3.05, 3.63) is 34.2 Å². The van der Waals surface area contributed by atoms with Crippen molar-refractivity contribution >= 4 is 33.0 Å². The molecule has 0 atom stereocenters. The molecule has 0 bridgehead atoms. The van der Waals surface area contributed by atoms with Crippen molar-refractivity contribution in [3.63, 3.8) is 0 Å². The third-order valence-electron chi connectivity index (χ3n) is 3.25. The first-order chi connectivity index (χ1) is 9.06. The highest BCUT2D eigenvalue weighted by Gasteiger charge is 2.12. The first-order valence-electron chi connectivity index (χ1n) is 5.81. The largest absolute Gasteiger partial charge is 0.369 e. The van der Waals surface area contributed by atoms with Gasteiger partial charge >= 0.3 is 0 Å². The van der Waals surface area contributed by atoms with Crippen molar-refractivity contribution in [2.45, 2.75) is 13.5 Å². The average molecular weight is 321 g/mol. The third-order valence-corrected chi connectivity index (χ3v) is 3.68. The first kappa shape index (κ1) is 12.2. The molecule has 2 N–H and O–H groups in total. The Morgan fingerprint density at radius 2 is 2.16 bits per heavy atom. The number of pyridine rings is 1. The van der Waals surface area contributed by atoms with Crippen LogP contribution in [0.5, 0.6) is 0 Å². The fraction of sp³-hybridized carbons (Fsp3) is 0.250. The molecule has 98 valence electrons. The van der Waals surface area contributed by atoms with E-state index >= 15 is 0 Å². The molecule has 0 amide bonds. The molecular formula is C12H13BrN6. The Morgan fingerprint density at radius 1 is 1.37 bits per heavy atom. The van der Waals surface area contributed by atoms with Gasteiger partial charge in [0.15, 0.2) is 5.65 Å². The van der Waals surface area contributed by atoms with Gasteiger partial charge in [0.05, 0.1) is 12.7 Å². The van der Waals surface area contributed by atoms with E-state index in [1.165, 1.54) is 0 Å². The number of imidazole rings is 1. The van der Waals surface area contributed by atoms with E-state index in [4.69, 9.17) is 5.73 Å². The summed E-state index contributed by atoms with van der Waals surface area (Å²) in [5.41, 5.74) is 9.76. The monoisotopic (exact) mass is 320 g/mol. The molecule has 19 heavy (non-hydrogen) atoms. The molecule has 3 aromatic rings. The Morgan fingerprint density at radius 3 is 2.84 bits per heavy atom. The lowest BCUT2D eigenvalue weighted by Gasteiger charge is -2.05. The number of anilines is 1. The topological polar surface area (TPSA) is 74.6 Å². The number of nitrogens with zero attached hydrogens (tertiary/aromatic N) is 5. The zero-order chi connectivity index (χ0) is 13.6. The lowest BCUT2D eigenvalue weighted by atomic mass is 10.2. The molecule has 3 aromatic heterocycles. The van der Waals surface area contributed by atoms with E-state index in [0.717, 1.165) is 26.9 Å². The van der Waals surface area contributed by atoms with E-state index in [2.05, 4.69) is 31.0 Å². The maximum atomic E-state index is 5.98. The Balaban J connectivity index is 2.10. The molecule has 0 aromatic carbocycles. The van der Waals surface area contributed by atoms with Gasteiger partial charge in [0.1, 0.15) is 5.52 Å². The Hall–Kier alpha value is -1.89. The van der Waals surface area contributed by atoms with Gasteiger partial charge in [-0.05, 0) is 28.9 Å². The summed E-state index contributed by atoms with van der Waals surface area (Å²) in [6, 6.07) is 1.91. The molecule has 7 heteroatoms. The molecule has 0 aliphatic rings. The second-order valence-electron chi connectivity index (χ2n) is 4.43. The molecule has 6 nitrogen and oxygen atoms in total. The molecule has 0 spiro atoms. The van der Waals surface area contributed by atoms with Gasteiger partial charge in [-0.15, -0.1) is 0 Å². The second kappa shape index (κ2) is 4.34. The van der Waals surface area contributed by atoms with Gasteiger partial charge in [0.2, 0.25) is 5.95 Å². The van der Waals surface area contributed by atoms with Crippen LogP contribution < -0.4 is 5.73 Å². The van der Waals surface area contributed by atoms with E-state index in [-0.39, 0.29) is 0 Å². The number of hydrogen-bond donors (Lipinski definition) is 1. The van der Waals surface area contributed by atoms with Crippen LogP contribution in [0, 0.1) is 6.92 Å². The molecule has 3 rings (SSSR count). The lowest BCUT2D eigenvalue weighted by molar-refractivity contribution is 0.733. The molecule has 0 saturated carbocycles. The van der Waals surface area contributed by atoms with Crippen molar-refractivity contribution in [3.8, 4) is 0 Å². The van der Waals surface area contributed by atoms with Crippen LogP contribution >= 0.6 is 15.9 Å². The maximum Gasteiger partial charge on any atom is 0.202 e. The summed E-state index contributed by atoms with van der Waals surface area (Å²) in [7, 11) is 1.92. The molecule has 0 saturated heterocycles. The van der Waals surface area contributed by atoms with E-state index in [1.54, 1.807) is 6.20 Å². The summed E-state index contributed by atoms with van der Waals surface area (Å²) in [6.45, 7) is 2.65. The Kier molecular flexibility index (Phi) is 2.78. The molecule has 0 unspecified atom stereocenters. The highest BCUT2D eigenvalue weighted by atomic mass is 79.9. The molecular weight excluding hydrogens is 308 g/mol. The van der Waals surface area contributed by atoms with Crippen molar-refractivity contribution in [1.82, 2.24) is 24.3 Å². The highest BCUT2D eigenvalue weighted by Crippen LogP contribution is 2.21. The fourth-order valence-electron chi connectivity index (χ4n) is 2.03. The molecule has 3 heterocycles. The quantitative estimate of drug-likeness (QED) is 0.782. The fourth-order valence-corrected chi connectivity index (χ4v) is 2.35. The predicted octanol–water partition coefficient (Wildman–Crippen LogP) is 1.87. The van der Waals surface area contributed by atoms with E-state index in [1.807, 2.05) is 35.5 Å². The van der Waals surface area contributed by atoms with E-state index in [0.29, 0.717) is 12.5 Å². The van der Waals surface area contributed by atoms with Gasteiger partial charge in [-0.25, -0.2) is 9.97 Å². The summed E-state index contributed by atoms with van der Waals surface area (Å²) >= 11 is 3.38. The number of nitrogen functional groups attached to an aromatic ring is 1. The Labute approximate surface area is 118 Å². The van der Waals surface area contributed by atoms with Crippen LogP contribution in [0.25, 0.3) is 11.2 Å². The molecule has 0 fully saturated rings. The van der Waals surface area contributed by atoms with Gasteiger partial charge in [0.25, 0.3) is 0 Å². The van der Waals surface area contributed by atoms with Gasteiger partial charge in [0, 0.05) is 29.0 Å². The minimum absolute atomic E-state index is 0.462. The molecule has 0 aliphatic heterocycles. The smallest absolute Gasteiger partial charge is 0.202 e. The van der Waals surface area contributed by atoms with Crippen LogP contribution in [0.4, 0.5) is 5.95 Å². The van der Waals surface area contributed by atoms with Crippen LogP contribution in [-0.4, -0.2) is 24.3 Å². The van der Waals surface area contributed by atoms with Crippen LogP contribution in [0.2, 0.25) is 0 Å². The average Bonchev–Trinajstić information content (AvgIpc) is 2.84. The summed E-state index contributed by atoms with van der Waals surface area (Å²) in [4.78, 5) is 8.71. The van der Waals surface area contributed by atoms with Gasteiger partial charge in [-0.3, -0.25) is 9.25 Å². The summed E-state index contributed by atoms with van der Waals surface area (Å²) in [5.74, 6) is 0.462. The lowest BCUT2D eigenvalue weighted by Crippen LogP contribution is -2.06. The zero-order valence-electron chi connectivity index (χ0n) is 10.6. The minimum Gasteiger partial charge on any atom is -0.369 e. The van der Waals surface area contributed by atoms with Crippen molar-refractivity contribution < 1.29 is 0 Å². The third kappa shape index (κ3) is 1.99. The van der Waals surface area contributed by atoms with E-state index < -0.39 is 0 Å². The first-order valence-corrected chi connectivity index (χ1v) is 6.60. The Bertz CT molecular complexity index is 757. The van der Waals surface area contributed by atoms with Crippen LogP contribution in [0.3, 0.4) is 0 Å². The highest BCUT2D eigenvalue weighted by molar-refractivity contribution is 9.10. The van der Waals surface area contributed by atoms with Crippen molar-refractivity contribution in [2.24, 2.45) is 7.05 Å². The van der Waals surface area contributed by atoms with Gasteiger partial charge in [-0.1, -0.05) is 0 Å². The number of aryl methyl sites for hydroxylation is 1. The van der Waals surface area contributed by atoms with Crippen LogP contribution in [0.15, 0.2) is 22.9 Å². The second-order valence-corrected chi connectivity index (χ2v) is 5.35. The predicted molar refractivity (Wildman–Crippen MR) is 76.7 cm³/mol. The number of halogens is 1. The van der Waals surface area contributed by atoms with Gasteiger partial charge in [-0.2, -0.15) is 5.10 Å². The standard InChI is InChI=1S/C12H13BrN6/c1-7-8(4-16-18(7)2)6-19-11-10(17-12(19)14)3-9(13)5-15-11/h3-5H,6H2,1-2H3,(H2,14,17). The zero-order valence-corrected chi connectivity index (χ0v) is 12.2.